The molecule has 0 aliphatic heterocycles. The molecule has 0 unspecified atom stereocenters. The van der Waals surface area contributed by atoms with E-state index in [1.54, 1.807) is 10.4 Å². The minimum absolute atomic E-state index is 1.21. The Bertz CT molecular complexity index is 414. The summed E-state index contributed by atoms with van der Waals surface area (Å²) in [6, 6.07) is 4.93. The van der Waals surface area contributed by atoms with Crippen molar-refractivity contribution in [2.75, 3.05) is 0 Å². The first-order valence-electron chi connectivity index (χ1n) is 6.07. The minimum Gasteiger partial charge on any atom is -0.0656 e. The molecule has 2 heteroatoms. The van der Waals surface area contributed by atoms with Gasteiger partial charge < -0.3 is 0 Å². The first-order valence-corrected chi connectivity index (χ1v) is 13.1. The standard InChI is InChI=1S/C14H22Si2/c1-15(2,3)13-9-11-7-8-12(11)10-14(13)16(4,5)6/h7-10H,1-6H3. The molecule has 0 atom stereocenters. The van der Waals surface area contributed by atoms with Gasteiger partial charge in [0, 0.05) is 0 Å². The van der Waals surface area contributed by atoms with Gasteiger partial charge in [0.1, 0.15) is 0 Å². The quantitative estimate of drug-likeness (QED) is 0.714. The second-order valence-corrected chi connectivity index (χ2v) is 16.9. The lowest BCUT2D eigenvalue weighted by Crippen LogP contribution is -2.56. The molecule has 16 heavy (non-hydrogen) atoms. The summed E-state index contributed by atoms with van der Waals surface area (Å²) >= 11 is 0. The highest BCUT2D eigenvalue weighted by Gasteiger charge is 2.29. The Morgan fingerprint density at radius 3 is 1.12 bits per heavy atom. The maximum atomic E-state index is 2.47. The molecule has 0 saturated heterocycles. The predicted octanol–water partition coefficient (Wildman–Crippen LogP) is 3.26. The van der Waals surface area contributed by atoms with E-state index in [9.17, 15) is 0 Å². The molecule has 0 spiro atoms. The number of benzene rings is 1. The zero-order valence-corrected chi connectivity index (χ0v) is 13.3. The number of hydrogen-bond donors (Lipinski definition) is 0. The summed E-state index contributed by atoms with van der Waals surface area (Å²) in [5.41, 5.74) is 2.92. The molecule has 1 aliphatic rings. The molecule has 1 aliphatic carbocycles. The van der Waals surface area contributed by atoms with Crippen LogP contribution in [0.2, 0.25) is 39.3 Å². The normalized spacial score (nSPS) is 14.6. The van der Waals surface area contributed by atoms with Crippen LogP contribution in [0.4, 0.5) is 0 Å². The van der Waals surface area contributed by atoms with Crippen LogP contribution in [0.3, 0.4) is 0 Å². The highest BCUT2D eigenvalue weighted by Crippen LogP contribution is 2.23. The first-order chi connectivity index (χ1) is 7.19. The third kappa shape index (κ3) is 1.96. The van der Waals surface area contributed by atoms with Crippen molar-refractivity contribution in [2.45, 2.75) is 39.3 Å². The smallest absolute Gasteiger partial charge is 0.0656 e. The zero-order chi connectivity index (χ0) is 12.1. The average Bonchev–Trinajstić information content (AvgIpc) is 2.02. The van der Waals surface area contributed by atoms with Crippen molar-refractivity contribution >= 4 is 38.7 Å². The molecule has 0 radical (unpaired) electrons. The van der Waals surface area contributed by atoms with Gasteiger partial charge in [0.2, 0.25) is 0 Å². The Morgan fingerprint density at radius 2 is 0.938 bits per heavy atom. The summed E-state index contributed by atoms with van der Waals surface area (Å²) in [5, 5.41) is 3.38. The van der Waals surface area contributed by atoms with Gasteiger partial charge in [0.15, 0.2) is 0 Å². The van der Waals surface area contributed by atoms with Crippen molar-refractivity contribution in [1.82, 2.24) is 0 Å². The number of rotatable bonds is 2. The molecule has 1 aromatic carbocycles. The van der Waals surface area contributed by atoms with Crippen molar-refractivity contribution in [3.8, 4) is 0 Å². The Balaban J connectivity index is 2.64. The largest absolute Gasteiger partial charge is 0.0774 e. The molecule has 0 amide bonds. The summed E-state index contributed by atoms with van der Waals surface area (Å²) in [7, 11) is -2.41. The number of hydrogen-bond acceptors (Lipinski definition) is 0. The Morgan fingerprint density at radius 1 is 0.625 bits per heavy atom. The molecule has 86 valence electrons. The van der Waals surface area contributed by atoms with Crippen LogP contribution in [0.15, 0.2) is 12.1 Å². The Hall–Kier alpha value is -0.606. The predicted molar refractivity (Wildman–Crippen MR) is 81.3 cm³/mol. The third-order valence-corrected chi connectivity index (χ3v) is 7.59. The molecule has 0 aromatic heterocycles. The maximum Gasteiger partial charge on any atom is 0.0774 e. The molecular formula is C14H22Si2. The van der Waals surface area contributed by atoms with Crippen molar-refractivity contribution in [3.05, 3.63) is 23.3 Å². The highest BCUT2D eigenvalue weighted by atomic mass is 28.3. The first kappa shape index (κ1) is 11.9. The lowest BCUT2D eigenvalue weighted by atomic mass is 9.98. The molecule has 0 N–H and O–H groups in total. The molecule has 0 heterocycles. The minimum atomic E-state index is -1.21. The van der Waals surface area contributed by atoms with Gasteiger partial charge in [0.05, 0.1) is 16.1 Å². The van der Waals surface area contributed by atoms with Crippen LogP contribution in [0, 0.1) is 0 Å². The SMILES string of the molecule is C[Si](C)(C)c1cc2c(cc1[Si](C)(C)C)C=C2. The van der Waals surface area contributed by atoms with Crippen molar-refractivity contribution in [2.24, 2.45) is 0 Å². The number of fused-ring (bicyclic) bond motifs is 1. The average molecular weight is 247 g/mol. The van der Waals surface area contributed by atoms with E-state index >= 15 is 0 Å². The van der Waals surface area contributed by atoms with Crippen LogP contribution in [-0.2, 0) is 0 Å². The van der Waals surface area contributed by atoms with Crippen LogP contribution >= 0.6 is 0 Å². The van der Waals surface area contributed by atoms with Crippen LogP contribution in [0.1, 0.15) is 11.1 Å². The molecule has 0 nitrogen and oxygen atoms in total. The topological polar surface area (TPSA) is 0 Å². The molecule has 0 bridgehead atoms. The Labute approximate surface area is 101 Å². The van der Waals surface area contributed by atoms with E-state index in [1.165, 1.54) is 11.1 Å². The lowest BCUT2D eigenvalue weighted by Gasteiger charge is -2.30. The molecular weight excluding hydrogens is 224 g/mol. The molecule has 1 aromatic rings. The van der Waals surface area contributed by atoms with Crippen molar-refractivity contribution < 1.29 is 0 Å². The van der Waals surface area contributed by atoms with E-state index in [1.807, 2.05) is 0 Å². The summed E-state index contributed by atoms with van der Waals surface area (Å²) in [6.45, 7) is 14.8. The van der Waals surface area contributed by atoms with Gasteiger partial charge >= 0.3 is 0 Å². The van der Waals surface area contributed by atoms with Gasteiger partial charge in [-0.05, 0) is 11.1 Å². The van der Waals surface area contributed by atoms with E-state index in [4.69, 9.17) is 0 Å². The highest BCUT2D eigenvalue weighted by molar-refractivity contribution is 6.98. The van der Waals surface area contributed by atoms with Gasteiger partial charge in [0.25, 0.3) is 0 Å². The second kappa shape index (κ2) is 3.44. The zero-order valence-electron chi connectivity index (χ0n) is 11.3. The molecule has 2 rings (SSSR count). The van der Waals surface area contributed by atoms with E-state index in [-0.39, 0.29) is 0 Å². The van der Waals surface area contributed by atoms with E-state index in [0.717, 1.165) is 0 Å². The third-order valence-electron chi connectivity index (χ3n) is 3.28. The van der Waals surface area contributed by atoms with Crippen LogP contribution in [0.25, 0.3) is 12.2 Å². The maximum absolute atomic E-state index is 2.47. The fourth-order valence-corrected chi connectivity index (χ4v) is 7.43. The summed E-state index contributed by atoms with van der Waals surface area (Å²) < 4.78 is 0. The van der Waals surface area contributed by atoms with Gasteiger partial charge in [-0.1, -0.05) is 73.9 Å². The fourth-order valence-electron chi connectivity index (χ4n) is 2.25. The van der Waals surface area contributed by atoms with Crippen LogP contribution < -0.4 is 10.4 Å². The van der Waals surface area contributed by atoms with Crippen molar-refractivity contribution in [1.29, 1.82) is 0 Å². The van der Waals surface area contributed by atoms with Crippen molar-refractivity contribution in [3.63, 3.8) is 0 Å². The van der Waals surface area contributed by atoms with E-state index < -0.39 is 16.1 Å². The second-order valence-electron chi connectivity index (χ2n) is 6.86. The Kier molecular flexibility index (Phi) is 2.55. The summed E-state index contributed by atoms with van der Waals surface area (Å²) in [4.78, 5) is 0. The van der Waals surface area contributed by atoms with E-state index in [0.29, 0.717) is 0 Å². The fraction of sp³-hybridized carbons (Fsp3) is 0.429. The molecule has 0 fully saturated rings. The van der Waals surface area contributed by atoms with E-state index in [2.05, 4.69) is 63.6 Å². The lowest BCUT2D eigenvalue weighted by molar-refractivity contribution is 1.58. The van der Waals surface area contributed by atoms with Gasteiger partial charge in [-0.15, -0.1) is 0 Å². The monoisotopic (exact) mass is 246 g/mol. The van der Waals surface area contributed by atoms with Gasteiger partial charge in [-0.25, -0.2) is 0 Å². The molecule has 0 saturated carbocycles. The van der Waals surface area contributed by atoms with Crippen LogP contribution in [-0.4, -0.2) is 16.1 Å². The van der Waals surface area contributed by atoms with Crippen LogP contribution in [0.5, 0.6) is 0 Å². The van der Waals surface area contributed by atoms with Gasteiger partial charge in [-0.3, -0.25) is 0 Å². The summed E-state index contributed by atoms with van der Waals surface area (Å²) in [6.07, 6.45) is 4.49. The van der Waals surface area contributed by atoms with Gasteiger partial charge in [-0.2, -0.15) is 0 Å². The summed E-state index contributed by atoms with van der Waals surface area (Å²) in [5.74, 6) is 0.